The van der Waals surface area contributed by atoms with Crippen molar-refractivity contribution in [1.29, 1.82) is 0 Å². The van der Waals surface area contributed by atoms with E-state index in [1.54, 1.807) is 14.2 Å². The van der Waals surface area contributed by atoms with Gasteiger partial charge in [0.1, 0.15) is 0 Å². The van der Waals surface area contributed by atoms with Crippen LogP contribution in [0.4, 0.5) is 0 Å². The van der Waals surface area contributed by atoms with Crippen LogP contribution in [0.25, 0.3) is 0 Å². The summed E-state index contributed by atoms with van der Waals surface area (Å²) in [6.07, 6.45) is 2.29. The third-order valence-electron chi connectivity index (χ3n) is 5.66. The van der Waals surface area contributed by atoms with Gasteiger partial charge in [0.25, 0.3) is 0 Å². The first-order valence-corrected chi connectivity index (χ1v) is 9.06. The zero-order valence-electron chi connectivity index (χ0n) is 14.6. The van der Waals surface area contributed by atoms with Gasteiger partial charge in [0, 0.05) is 32.5 Å². The number of carbonyl (C=O) groups excluding carboxylic acids is 1. The monoisotopic (exact) mass is 366 g/mol. The maximum absolute atomic E-state index is 12.4. The van der Waals surface area contributed by atoms with Crippen molar-refractivity contribution >= 4 is 17.5 Å². The van der Waals surface area contributed by atoms with Crippen LogP contribution in [0, 0.1) is 0 Å². The number of ether oxygens (including phenoxy) is 3. The molecular formula is C18H23ClN2O4. The summed E-state index contributed by atoms with van der Waals surface area (Å²) in [5.74, 6) is 1.37. The summed E-state index contributed by atoms with van der Waals surface area (Å²) in [5, 5.41) is 0.563. The Hall–Kier alpha value is -1.50. The van der Waals surface area contributed by atoms with Crippen molar-refractivity contribution in [1.82, 2.24) is 9.80 Å². The lowest BCUT2D eigenvalue weighted by atomic mass is 10.0. The van der Waals surface area contributed by atoms with Crippen LogP contribution in [0.15, 0.2) is 12.1 Å². The van der Waals surface area contributed by atoms with Crippen LogP contribution >= 0.6 is 11.6 Å². The Morgan fingerprint density at radius 3 is 2.92 bits per heavy atom. The number of nitrogens with zero attached hydrogens (tertiary/aromatic N) is 2. The number of likely N-dealkylation sites (tertiary alicyclic amines) is 1. The van der Waals surface area contributed by atoms with Gasteiger partial charge in [-0.25, -0.2) is 0 Å². The molecule has 6 nitrogen and oxygen atoms in total. The zero-order chi connectivity index (χ0) is 17.6. The summed E-state index contributed by atoms with van der Waals surface area (Å²) in [6, 6.07) is 3.92. The van der Waals surface area contributed by atoms with Crippen molar-refractivity contribution in [3.05, 3.63) is 22.7 Å². The van der Waals surface area contributed by atoms with E-state index < -0.39 is 5.72 Å². The Morgan fingerprint density at radius 2 is 2.16 bits per heavy atom. The Bertz CT molecular complexity index is 698. The van der Waals surface area contributed by atoms with E-state index in [2.05, 4.69) is 4.90 Å². The number of hydrogen-bond donors (Lipinski definition) is 0. The van der Waals surface area contributed by atoms with Crippen molar-refractivity contribution in [2.75, 3.05) is 33.9 Å². The van der Waals surface area contributed by atoms with Gasteiger partial charge in [-0.1, -0.05) is 17.7 Å². The van der Waals surface area contributed by atoms with E-state index in [9.17, 15) is 4.79 Å². The fraction of sp³-hybridized carbons (Fsp3) is 0.611. The Kier molecular flexibility index (Phi) is 4.30. The molecular weight excluding hydrogens is 344 g/mol. The molecule has 1 aromatic carbocycles. The summed E-state index contributed by atoms with van der Waals surface area (Å²) in [6.45, 7) is 3.08. The first-order chi connectivity index (χ1) is 12.1. The largest absolute Gasteiger partial charge is 0.493 e. The normalized spacial score (nSPS) is 28.8. The second-order valence-electron chi connectivity index (χ2n) is 6.81. The van der Waals surface area contributed by atoms with E-state index in [1.807, 2.05) is 17.0 Å². The number of methoxy groups -OCH3 is 2. The van der Waals surface area contributed by atoms with Crippen LogP contribution in [-0.4, -0.2) is 61.4 Å². The highest BCUT2D eigenvalue weighted by Crippen LogP contribution is 2.46. The van der Waals surface area contributed by atoms with Crippen LogP contribution < -0.4 is 9.47 Å². The molecule has 3 heterocycles. The zero-order valence-corrected chi connectivity index (χ0v) is 15.3. The molecule has 0 bridgehead atoms. The lowest BCUT2D eigenvalue weighted by Gasteiger charge is -2.42. The number of carbonyl (C=O) groups is 1. The van der Waals surface area contributed by atoms with Crippen molar-refractivity contribution in [2.24, 2.45) is 0 Å². The molecule has 3 fully saturated rings. The minimum atomic E-state index is -0.432. The van der Waals surface area contributed by atoms with Crippen LogP contribution in [0.3, 0.4) is 0 Å². The lowest BCUT2D eigenvalue weighted by Crippen LogP contribution is -2.56. The molecule has 25 heavy (non-hydrogen) atoms. The Morgan fingerprint density at radius 1 is 1.32 bits per heavy atom. The second-order valence-corrected chi connectivity index (χ2v) is 7.18. The molecule has 0 N–H and O–H groups in total. The standard InChI is InChI=1S/C18H23ClN2O4/c1-23-13-5-4-12(16(19)17(13)24-2)11-20-8-6-18-14(20)10-15(22)21(18)7-3-9-25-18/h4-5,14H,3,6-11H2,1-2H3/t14-,18+/m1/s1. The molecule has 3 aliphatic heterocycles. The highest BCUT2D eigenvalue weighted by molar-refractivity contribution is 6.33. The SMILES string of the molecule is COc1ccc(CN2CC[C@@]34OCCCN3C(=O)C[C@@H]24)c(Cl)c1OC. The fourth-order valence-corrected chi connectivity index (χ4v) is 4.79. The number of rotatable bonds is 4. The van der Waals surface area contributed by atoms with Gasteiger partial charge >= 0.3 is 0 Å². The molecule has 0 saturated carbocycles. The summed E-state index contributed by atoms with van der Waals surface area (Å²) >= 11 is 6.54. The topological polar surface area (TPSA) is 51.2 Å². The Labute approximate surface area is 152 Å². The smallest absolute Gasteiger partial charge is 0.226 e. The van der Waals surface area contributed by atoms with E-state index in [-0.39, 0.29) is 11.9 Å². The summed E-state index contributed by atoms with van der Waals surface area (Å²) in [7, 11) is 3.18. The van der Waals surface area contributed by atoms with Crippen molar-refractivity contribution in [2.45, 2.75) is 37.6 Å². The molecule has 1 amide bonds. The van der Waals surface area contributed by atoms with Gasteiger partial charge in [-0.15, -0.1) is 0 Å². The third-order valence-corrected chi connectivity index (χ3v) is 6.08. The third kappa shape index (κ3) is 2.50. The van der Waals surface area contributed by atoms with Gasteiger partial charge in [0.2, 0.25) is 5.91 Å². The molecule has 1 aromatic rings. The van der Waals surface area contributed by atoms with Crippen LogP contribution in [0.1, 0.15) is 24.8 Å². The molecule has 4 rings (SSSR count). The second kappa shape index (κ2) is 6.34. The summed E-state index contributed by atoms with van der Waals surface area (Å²) in [4.78, 5) is 16.7. The molecule has 0 radical (unpaired) electrons. The molecule has 3 saturated heterocycles. The van der Waals surface area contributed by atoms with Gasteiger partial charge in [-0.05, 0) is 18.1 Å². The van der Waals surface area contributed by atoms with Gasteiger partial charge in [-0.2, -0.15) is 0 Å². The van der Waals surface area contributed by atoms with Gasteiger partial charge < -0.3 is 19.1 Å². The molecule has 0 aromatic heterocycles. The number of halogens is 1. The van der Waals surface area contributed by atoms with E-state index in [0.29, 0.717) is 29.5 Å². The molecule has 0 aliphatic carbocycles. The van der Waals surface area contributed by atoms with Crippen LogP contribution in [-0.2, 0) is 16.1 Å². The van der Waals surface area contributed by atoms with Crippen molar-refractivity contribution in [3.63, 3.8) is 0 Å². The van der Waals surface area contributed by atoms with Gasteiger partial charge in [-0.3, -0.25) is 9.69 Å². The first-order valence-electron chi connectivity index (χ1n) is 8.68. The average molecular weight is 367 g/mol. The van der Waals surface area contributed by atoms with Crippen LogP contribution in [0.2, 0.25) is 5.02 Å². The predicted octanol–water partition coefficient (Wildman–Crippen LogP) is 2.28. The average Bonchev–Trinajstić information content (AvgIpc) is 3.09. The molecule has 7 heteroatoms. The molecule has 1 spiro atoms. The van der Waals surface area contributed by atoms with E-state index in [4.69, 9.17) is 25.8 Å². The minimum Gasteiger partial charge on any atom is -0.493 e. The lowest BCUT2D eigenvalue weighted by molar-refractivity contribution is -0.180. The predicted molar refractivity (Wildman–Crippen MR) is 93.0 cm³/mol. The summed E-state index contributed by atoms with van der Waals surface area (Å²) in [5.41, 5.74) is 0.538. The molecule has 136 valence electrons. The Balaban J connectivity index is 1.60. The van der Waals surface area contributed by atoms with E-state index in [0.717, 1.165) is 38.1 Å². The van der Waals surface area contributed by atoms with Gasteiger partial charge in [0.15, 0.2) is 17.2 Å². The minimum absolute atomic E-state index is 0.0875. The number of amides is 1. The van der Waals surface area contributed by atoms with E-state index >= 15 is 0 Å². The molecule has 0 unspecified atom stereocenters. The molecule has 2 atom stereocenters. The quantitative estimate of drug-likeness (QED) is 0.818. The maximum atomic E-state index is 12.4. The van der Waals surface area contributed by atoms with Gasteiger partial charge in [0.05, 0.1) is 31.9 Å². The van der Waals surface area contributed by atoms with Crippen molar-refractivity contribution in [3.8, 4) is 11.5 Å². The van der Waals surface area contributed by atoms with E-state index in [1.165, 1.54) is 0 Å². The summed E-state index contributed by atoms with van der Waals surface area (Å²) < 4.78 is 16.8. The maximum Gasteiger partial charge on any atom is 0.226 e. The number of hydrogen-bond acceptors (Lipinski definition) is 5. The van der Waals surface area contributed by atoms with Crippen molar-refractivity contribution < 1.29 is 19.0 Å². The highest BCUT2D eigenvalue weighted by Gasteiger charge is 2.60. The highest BCUT2D eigenvalue weighted by atomic mass is 35.5. The fourth-order valence-electron chi connectivity index (χ4n) is 4.49. The number of benzene rings is 1. The first kappa shape index (κ1) is 16.9. The van der Waals surface area contributed by atoms with Crippen LogP contribution in [0.5, 0.6) is 11.5 Å². The molecule has 3 aliphatic rings.